The molecule has 3 aliphatic rings. The summed E-state index contributed by atoms with van der Waals surface area (Å²) in [6.45, 7) is 8.97. The van der Waals surface area contributed by atoms with Crippen LogP contribution in [0.3, 0.4) is 0 Å². The van der Waals surface area contributed by atoms with Gasteiger partial charge in [-0.25, -0.2) is 9.59 Å². The van der Waals surface area contributed by atoms with Crippen molar-refractivity contribution in [3.63, 3.8) is 0 Å². The largest absolute Gasteiger partial charge is 0.490 e. The average molecular weight is 713 g/mol. The number of carboxylic acid groups (broad SMARTS) is 1. The Morgan fingerprint density at radius 3 is 2.27 bits per heavy atom. The molecule has 2 fully saturated rings. The van der Waals surface area contributed by atoms with Crippen molar-refractivity contribution in [2.75, 3.05) is 51.0 Å². The lowest BCUT2D eigenvalue weighted by molar-refractivity contribution is 0.0126. The highest BCUT2D eigenvalue weighted by Crippen LogP contribution is 2.40. The summed E-state index contributed by atoms with van der Waals surface area (Å²) >= 11 is 13.3. The second-order valence-corrected chi connectivity index (χ2v) is 14.1. The number of fused-ring (bicyclic) bond motifs is 1. The van der Waals surface area contributed by atoms with E-state index in [0.29, 0.717) is 69.4 Å². The van der Waals surface area contributed by atoms with E-state index in [4.69, 9.17) is 42.1 Å². The number of rotatable bonds is 6. The fraction of sp³-hybridized carbons (Fsp3) is 0.417. The van der Waals surface area contributed by atoms with Gasteiger partial charge in [0.1, 0.15) is 23.2 Å². The molecule has 49 heavy (non-hydrogen) atoms. The van der Waals surface area contributed by atoms with Crippen molar-refractivity contribution in [2.45, 2.75) is 51.9 Å². The summed E-state index contributed by atoms with van der Waals surface area (Å²) in [6.07, 6.45) is 0.728. The molecule has 0 aromatic heterocycles. The Hall–Kier alpha value is -4.19. The van der Waals surface area contributed by atoms with E-state index in [-0.39, 0.29) is 52.6 Å². The first kappa shape index (κ1) is 34.7. The Balaban J connectivity index is 1.14. The van der Waals surface area contributed by atoms with Crippen molar-refractivity contribution in [3.8, 4) is 22.6 Å². The summed E-state index contributed by atoms with van der Waals surface area (Å²) in [6, 6.07) is 14.1. The van der Waals surface area contributed by atoms with Crippen molar-refractivity contribution >= 4 is 46.9 Å². The van der Waals surface area contributed by atoms with Gasteiger partial charge in [0.15, 0.2) is 6.73 Å². The number of nitrogens with zero attached hydrogens (tertiary/aromatic N) is 3. The molecule has 3 aromatic rings. The van der Waals surface area contributed by atoms with Crippen molar-refractivity contribution in [1.82, 2.24) is 9.80 Å². The minimum absolute atomic E-state index is 0.0342. The molecule has 11 nitrogen and oxygen atoms in total. The first-order valence-corrected chi connectivity index (χ1v) is 17.0. The molecule has 3 aromatic carbocycles. The molecule has 0 aliphatic carbocycles. The number of benzene rings is 3. The third kappa shape index (κ3) is 7.84. The molecule has 260 valence electrons. The number of carbonyl (C=O) groups is 3. The summed E-state index contributed by atoms with van der Waals surface area (Å²) in [7, 11) is 0. The number of piperidine rings is 1. The van der Waals surface area contributed by atoms with Gasteiger partial charge in [-0.2, -0.15) is 0 Å². The van der Waals surface area contributed by atoms with Gasteiger partial charge in [0.25, 0.3) is 5.91 Å². The summed E-state index contributed by atoms with van der Waals surface area (Å²) in [5.74, 6) is -0.312. The number of anilines is 1. The van der Waals surface area contributed by atoms with Crippen LogP contribution in [0.5, 0.6) is 11.5 Å². The number of carboxylic acids is 1. The monoisotopic (exact) mass is 711 g/mol. The van der Waals surface area contributed by atoms with Crippen LogP contribution in [0.1, 0.15) is 59.9 Å². The number of para-hydroxylation sites is 1. The number of hydrogen-bond acceptors (Lipinski definition) is 8. The molecule has 3 heterocycles. The predicted molar refractivity (Wildman–Crippen MR) is 185 cm³/mol. The zero-order valence-electron chi connectivity index (χ0n) is 27.7. The highest BCUT2D eigenvalue weighted by molar-refractivity contribution is 6.39. The molecular weight excluding hydrogens is 673 g/mol. The van der Waals surface area contributed by atoms with Gasteiger partial charge in [-0.1, -0.05) is 47.5 Å². The number of ether oxygens (including phenoxy) is 4. The van der Waals surface area contributed by atoms with E-state index in [2.05, 4.69) is 0 Å². The van der Waals surface area contributed by atoms with Crippen molar-refractivity contribution in [3.05, 3.63) is 75.3 Å². The molecule has 2 amide bonds. The maximum Gasteiger partial charge on any atom is 0.410 e. The molecule has 0 unspecified atom stereocenters. The van der Waals surface area contributed by atoms with Gasteiger partial charge >= 0.3 is 12.1 Å². The number of carbonyl (C=O) groups excluding carboxylic acids is 2. The van der Waals surface area contributed by atoms with Crippen LogP contribution in [0.4, 0.5) is 10.5 Å². The van der Waals surface area contributed by atoms with Crippen LogP contribution in [0.2, 0.25) is 10.0 Å². The Morgan fingerprint density at radius 2 is 1.61 bits per heavy atom. The summed E-state index contributed by atoms with van der Waals surface area (Å²) in [4.78, 5) is 43.4. The molecule has 0 spiro atoms. The number of morpholine rings is 1. The lowest BCUT2D eigenvalue weighted by Gasteiger charge is -2.33. The fourth-order valence-electron chi connectivity index (χ4n) is 6.23. The Bertz CT molecular complexity index is 1720. The lowest BCUT2D eigenvalue weighted by Crippen LogP contribution is -2.44. The smallest absolute Gasteiger partial charge is 0.410 e. The number of halogens is 2. The summed E-state index contributed by atoms with van der Waals surface area (Å²) in [5.41, 5.74) is 2.83. The molecule has 3 aliphatic heterocycles. The Labute approximate surface area is 295 Å². The van der Waals surface area contributed by atoms with Crippen LogP contribution in [-0.4, -0.2) is 90.7 Å². The molecule has 0 bridgehead atoms. The molecule has 0 atom stereocenters. The second kappa shape index (κ2) is 14.3. The van der Waals surface area contributed by atoms with E-state index in [0.717, 1.165) is 16.7 Å². The number of amides is 2. The fourth-order valence-corrected chi connectivity index (χ4v) is 6.86. The molecule has 0 radical (unpaired) electrons. The summed E-state index contributed by atoms with van der Waals surface area (Å²) < 4.78 is 23.3. The third-order valence-electron chi connectivity index (χ3n) is 8.63. The van der Waals surface area contributed by atoms with E-state index in [1.54, 1.807) is 29.2 Å². The van der Waals surface area contributed by atoms with Gasteiger partial charge < -0.3 is 38.8 Å². The minimum Gasteiger partial charge on any atom is -0.490 e. The molecule has 6 rings (SSSR count). The maximum atomic E-state index is 13.7. The quantitative estimate of drug-likeness (QED) is 0.289. The third-order valence-corrected chi connectivity index (χ3v) is 9.22. The number of aromatic carboxylic acids is 1. The average Bonchev–Trinajstić information content (AvgIpc) is 3.07. The van der Waals surface area contributed by atoms with Crippen molar-refractivity contribution in [1.29, 1.82) is 0 Å². The highest BCUT2D eigenvalue weighted by Gasteiger charge is 2.31. The van der Waals surface area contributed by atoms with Gasteiger partial charge in [0.05, 0.1) is 46.6 Å². The van der Waals surface area contributed by atoms with Crippen LogP contribution in [0.25, 0.3) is 11.1 Å². The van der Waals surface area contributed by atoms with Crippen LogP contribution >= 0.6 is 23.2 Å². The second-order valence-electron chi connectivity index (χ2n) is 13.3. The van der Waals surface area contributed by atoms with Gasteiger partial charge in [-0.05, 0) is 50.6 Å². The molecular formula is C36H39Cl2N3O8. The molecule has 0 saturated carbocycles. The summed E-state index contributed by atoms with van der Waals surface area (Å²) in [5, 5.41) is 10.2. The number of hydrogen-bond donors (Lipinski definition) is 1. The SMILES string of the molecule is CC(C)(C)OC(=O)N1CCC(Oc2cc(Cl)c(C(=O)N3COc4c(cccc4-c4ccc(C(=O)O)c(N5CCOCC5)c4)C3)c(Cl)c2)CC1. The topological polar surface area (TPSA) is 118 Å². The van der Waals surface area contributed by atoms with Crippen LogP contribution in [-0.2, 0) is 16.0 Å². The molecule has 1 N–H and O–H groups in total. The van der Waals surface area contributed by atoms with E-state index in [1.807, 2.05) is 49.9 Å². The first-order valence-electron chi connectivity index (χ1n) is 16.3. The molecule has 13 heteroatoms. The van der Waals surface area contributed by atoms with Crippen molar-refractivity contribution in [2.24, 2.45) is 0 Å². The predicted octanol–water partition coefficient (Wildman–Crippen LogP) is 6.97. The maximum absolute atomic E-state index is 13.7. The van der Waals surface area contributed by atoms with Crippen LogP contribution in [0.15, 0.2) is 48.5 Å². The van der Waals surface area contributed by atoms with E-state index in [1.165, 1.54) is 4.90 Å². The lowest BCUT2D eigenvalue weighted by atomic mass is 9.97. The van der Waals surface area contributed by atoms with Gasteiger partial charge in [0.2, 0.25) is 0 Å². The highest BCUT2D eigenvalue weighted by atomic mass is 35.5. The van der Waals surface area contributed by atoms with E-state index < -0.39 is 11.6 Å². The zero-order valence-corrected chi connectivity index (χ0v) is 29.2. The van der Waals surface area contributed by atoms with E-state index >= 15 is 0 Å². The van der Waals surface area contributed by atoms with Crippen LogP contribution in [0, 0.1) is 0 Å². The van der Waals surface area contributed by atoms with Gasteiger partial charge in [0, 0.05) is 50.1 Å². The number of likely N-dealkylation sites (tertiary alicyclic amines) is 1. The van der Waals surface area contributed by atoms with E-state index in [9.17, 15) is 19.5 Å². The Kier molecular flexibility index (Phi) is 10.1. The first-order chi connectivity index (χ1) is 23.4. The molecule has 2 saturated heterocycles. The van der Waals surface area contributed by atoms with Gasteiger partial charge in [-0.3, -0.25) is 4.79 Å². The Morgan fingerprint density at radius 1 is 0.918 bits per heavy atom. The van der Waals surface area contributed by atoms with Crippen LogP contribution < -0.4 is 14.4 Å². The standard InChI is InChI=1S/C36H39Cl2N3O8/c1-36(2,3)49-35(45)40-11-9-24(10-12-40)48-25-18-28(37)31(29(38)19-25)33(42)41-20-23-5-4-6-26(32(23)47-21-41)22-7-8-27(34(43)44)30(17-22)39-13-15-46-16-14-39/h4-8,17-19,24H,9-16,20-21H2,1-3H3,(H,43,44). The van der Waals surface area contributed by atoms with Gasteiger partial charge in [-0.15, -0.1) is 0 Å². The normalized spacial score (nSPS) is 16.9. The zero-order chi connectivity index (χ0) is 34.9. The van der Waals surface area contributed by atoms with Crippen molar-refractivity contribution < 1.29 is 38.4 Å². The minimum atomic E-state index is -0.994.